The van der Waals surface area contributed by atoms with Crippen LogP contribution in [0.4, 0.5) is 0 Å². The van der Waals surface area contributed by atoms with E-state index >= 15 is 0 Å². The van der Waals surface area contributed by atoms with E-state index in [1.165, 1.54) is 11.8 Å². The van der Waals surface area contributed by atoms with Gasteiger partial charge in [0.1, 0.15) is 18.1 Å². The van der Waals surface area contributed by atoms with E-state index in [4.69, 9.17) is 10.8 Å². The molecule has 3 rings (SSSR count). The second-order valence-corrected chi connectivity index (χ2v) is 19.0. The molecule has 2 heterocycles. The Bertz CT molecular complexity index is 2060. The van der Waals surface area contributed by atoms with Crippen LogP contribution in [-0.2, 0) is 50.8 Å². The second-order valence-electron chi connectivity index (χ2n) is 17.7. The maximum atomic E-state index is 14.4. The Balaban J connectivity index is 1.69. The van der Waals surface area contributed by atoms with Crippen LogP contribution in [0.15, 0.2) is 42.1 Å². The van der Waals surface area contributed by atoms with Crippen molar-refractivity contribution >= 4 is 70.0 Å². The SMILES string of the molecule is CN[C@H](C(=O)N[C@H](C(=O)N(C)[C@H](/C=C(\C)C(=O)N[C@H](CC(=O)NCCN1C(=O)CC(SC[C@H](N)C(=O)O)C1=O)C(=O)O)C(C)C)C(C)(C)C)C(C)(C)c1cn(C)c2ccccc12. The zero-order valence-corrected chi connectivity index (χ0v) is 38.3. The lowest BCUT2D eigenvalue weighted by Crippen LogP contribution is -2.61. The van der Waals surface area contributed by atoms with E-state index in [9.17, 15) is 43.5 Å². The molecule has 0 spiro atoms. The molecule has 8 N–H and O–H groups in total. The minimum atomic E-state index is -1.64. The summed E-state index contributed by atoms with van der Waals surface area (Å²) in [5.41, 5.74) is 6.11. The minimum Gasteiger partial charge on any atom is -0.480 e. The Morgan fingerprint density at radius 1 is 1.00 bits per heavy atom. The van der Waals surface area contributed by atoms with Crippen molar-refractivity contribution in [2.24, 2.45) is 24.1 Å². The molecule has 62 heavy (non-hydrogen) atoms. The van der Waals surface area contributed by atoms with Crippen LogP contribution in [0.2, 0.25) is 0 Å². The Morgan fingerprint density at radius 2 is 1.63 bits per heavy atom. The number of hydrogen-bond acceptors (Lipinski definition) is 11. The van der Waals surface area contributed by atoms with Gasteiger partial charge in [0.05, 0.1) is 23.8 Å². The number of hydrogen-bond donors (Lipinski definition) is 7. The van der Waals surface area contributed by atoms with Gasteiger partial charge < -0.3 is 46.7 Å². The number of nitrogens with zero attached hydrogens (tertiary/aromatic N) is 3. The Kier molecular flexibility index (Phi) is 17.5. The molecule has 0 saturated carbocycles. The van der Waals surface area contributed by atoms with Gasteiger partial charge in [-0.25, -0.2) is 4.79 Å². The third-order valence-electron chi connectivity index (χ3n) is 11.2. The summed E-state index contributed by atoms with van der Waals surface area (Å²) < 4.78 is 2.02. The smallest absolute Gasteiger partial charge is 0.326 e. The van der Waals surface area contributed by atoms with Gasteiger partial charge in [0, 0.05) is 67.4 Å². The van der Waals surface area contributed by atoms with E-state index in [1.807, 2.05) is 90.5 Å². The summed E-state index contributed by atoms with van der Waals surface area (Å²) >= 11 is 0.957. The number of nitrogens with one attached hydrogen (secondary N) is 4. The second kappa shape index (κ2) is 21.2. The number of carboxylic acid groups (broad SMARTS) is 2. The zero-order chi connectivity index (χ0) is 47.0. The van der Waals surface area contributed by atoms with Crippen LogP contribution in [-0.4, -0.2) is 140 Å². The van der Waals surface area contributed by atoms with Gasteiger partial charge in [-0.15, -0.1) is 11.8 Å². The van der Waals surface area contributed by atoms with Gasteiger partial charge in [0.2, 0.25) is 35.4 Å². The summed E-state index contributed by atoms with van der Waals surface area (Å²) in [5.74, 6) is -6.40. The fourth-order valence-electron chi connectivity index (χ4n) is 7.48. The van der Waals surface area contributed by atoms with Crippen molar-refractivity contribution < 1.29 is 48.6 Å². The molecule has 19 heteroatoms. The van der Waals surface area contributed by atoms with Gasteiger partial charge in [0.15, 0.2) is 0 Å². The van der Waals surface area contributed by atoms with Gasteiger partial charge in [-0.3, -0.25) is 38.5 Å². The Hall–Kier alpha value is -5.27. The first-order valence-electron chi connectivity index (χ1n) is 20.5. The van der Waals surface area contributed by atoms with Crippen LogP contribution in [0.3, 0.4) is 0 Å². The number of carboxylic acids is 2. The van der Waals surface area contributed by atoms with E-state index < -0.39 is 94.2 Å². The van der Waals surface area contributed by atoms with Crippen molar-refractivity contribution in [2.45, 2.75) is 109 Å². The minimum absolute atomic E-state index is 0.0741. The number of nitrogens with two attached hydrogens (primary N) is 1. The van der Waals surface area contributed by atoms with Crippen LogP contribution >= 0.6 is 11.8 Å². The summed E-state index contributed by atoms with van der Waals surface area (Å²) in [4.78, 5) is 105. The number of fused-ring (bicyclic) bond motifs is 1. The number of aliphatic carboxylic acids is 2. The van der Waals surface area contributed by atoms with Gasteiger partial charge >= 0.3 is 11.9 Å². The first-order chi connectivity index (χ1) is 28.7. The van der Waals surface area contributed by atoms with Gasteiger partial charge in [-0.05, 0) is 36.9 Å². The number of carbonyl (C=O) groups is 8. The number of carbonyl (C=O) groups excluding carboxylic acids is 6. The zero-order valence-electron chi connectivity index (χ0n) is 37.5. The van der Waals surface area contributed by atoms with Crippen LogP contribution < -0.4 is 27.0 Å². The molecule has 0 bridgehead atoms. The number of rotatable bonds is 21. The number of aryl methyl sites for hydroxylation is 1. The Morgan fingerprint density at radius 3 is 2.19 bits per heavy atom. The van der Waals surface area contributed by atoms with E-state index in [-0.39, 0.29) is 42.7 Å². The molecule has 1 aliphatic heterocycles. The average Bonchev–Trinajstić information content (AvgIpc) is 3.67. The predicted octanol–water partition coefficient (Wildman–Crippen LogP) is 1.35. The molecule has 0 aliphatic carbocycles. The molecule has 0 radical (unpaired) electrons. The van der Waals surface area contributed by atoms with Crippen LogP contribution in [0, 0.1) is 11.3 Å². The monoisotopic (exact) mass is 884 g/mol. The van der Waals surface area contributed by atoms with Crippen molar-refractivity contribution in [2.75, 3.05) is 32.9 Å². The molecule has 1 unspecified atom stereocenters. The summed E-state index contributed by atoms with van der Waals surface area (Å²) in [5, 5.41) is 30.1. The molecule has 342 valence electrons. The quantitative estimate of drug-likeness (QED) is 0.0691. The van der Waals surface area contributed by atoms with E-state index in [2.05, 4.69) is 21.3 Å². The first-order valence-corrected chi connectivity index (χ1v) is 21.5. The highest BCUT2D eigenvalue weighted by molar-refractivity contribution is 8.00. The standard InChI is InChI=1S/C43H64N8O10S/c1-23(2)30(50(11)39(57)35(42(4,5)6)48-37(55)34(45-9)43(7,8)26-21-49(10)29-15-13-12-14-25(26)29)18-24(3)36(54)47-28(41(60)61)19-32(52)46-16-17-51-33(53)20-31(38(51)56)62-22-27(44)40(58)59/h12-15,18,21,23,27-28,30-31,34-35,45H,16-17,19-20,22,44H2,1-11H3,(H,46,52)(H,47,54)(H,48,55)(H,58,59)(H,60,61)/b24-18+/t27-,28+,30+,31?,34+,35+/m0/s1. The number of amides is 6. The molecule has 1 aliphatic rings. The molecule has 1 aromatic heterocycles. The fourth-order valence-corrected chi connectivity index (χ4v) is 8.60. The highest BCUT2D eigenvalue weighted by atomic mass is 32.2. The maximum Gasteiger partial charge on any atom is 0.326 e. The number of benzene rings is 1. The van der Waals surface area contributed by atoms with E-state index in [1.54, 1.807) is 20.2 Å². The van der Waals surface area contributed by atoms with Crippen LogP contribution in [0.1, 0.15) is 73.8 Å². The summed E-state index contributed by atoms with van der Waals surface area (Å²) in [6.45, 7) is 14.3. The molecule has 1 saturated heterocycles. The van der Waals surface area contributed by atoms with Gasteiger partial charge in [-0.1, -0.05) is 72.7 Å². The fraction of sp³-hybridized carbons (Fsp3) is 0.581. The predicted molar refractivity (Wildman–Crippen MR) is 236 cm³/mol. The van der Waals surface area contributed by atoms with Crippen LogP contribution in [0.25, 0.3) is 10.9 Å². The van der Waals surface area contributed by atoms with Crippen molar-refractivity contribution in [1.82, 2.24) is 35.6 Å². The number of likely N-dealkylation sites (N-methyl/N-ethyl adjacent to an activating group) is 2. The maximum absolute atomic E-state index is 14.4. The number of para-hydroxylation sites is 1. The molecular formula is C43H64N8O10S. The third-order valence-corrected chi connectivity index (χ3v) is 12.5. The lowest BCUT2D eigenvalue weighted by atomic mass is 9.76. The highest BCUT2D eigenvalue weighted by Gasteiger charge is 2.43. The van der Waals surface area contributed by atoms with Crippen molar-refractivity contribution in [3.05, 3.63) is 47.7 Å². The van der Waals surface area contributed by atoms with Gasteiger partial charge in [0.25, 0.3) is 0 Å². The average molecular weight is 885 g/mol. The third kappa shape index (κ3) is 12.4. The highest BCUT2D eigenvalue weighted by Crippen LogP contribution is 2.35. The molecule has 18 nitrogen and oxygen atoms in total. The lowest BCUT2D eigenvalue weighted by molar-refractivity contribution is -0.143. The number of likely N-dealkylation sites (tertiary alicyclic amines) is 1. The lowest BCUT2D eigenvalue weighted by Gasteiger charge is -2.39. The molecule has 6 atom stereocenters. The molecule has 2 aromatic rings. The molecule has 1 aromatic carbocycles. The van der Waals surface area contributed by atoms with E-state index in [0.29, 0.717) is 0 Å². The van der Waals surface area contributed by atoms with Crippen molar-refractivity contribution in [3.63, 3.8) is 0 Å². The molecule has 6 amide bonds. The number of imide groups is 1. The molecule has 1 fully saturated rings. The van der Waals surface area contributed by atoms with Crippen molar-refractivity contribution in [1.29, 1.82) is 0 Å². The summed E-state index contributed by atoms with van der Waals surface area (Å²) in [6.07, 6.45) is 2.75. The number of thioether (sulfide) groups is 1. The molecular weight excluding hydrogens is 821 g/mol. The largest absolute Gasteiger partial charge is 0.480 e. The Labute approximate surface area is 367 Å². The van der Waals surface area contributed by atoms with E-state index in [0.717, 1.165) is 33.1 Å². The van der Waals surface area contributed by atoms with Gasteiger partial charge in [-0.2, -0.15) is 0 Å². The summed E-state index contributed by atoms with van der Waals surface area (Å²) in [6, 6.07) is 2.71. The normalized spacial score (nSPS) is 17.3. The first kappa shape index (κ1) is 51.1. The van der Waals surface area contributed by atoms with Crippen molar-refractivity contribution in [3.8, 4) is 0 Å². The topological polar surface area (TPSA) is 263 Å². The summed E-state index contributed by atoms with van der Waals surface area (Å²) in [7, 11) is 5.24. The van der Waals surface area contributed by atoms with Crippen LogP contribution in [0.5, 0.6) is 0 Å². The number of aromatic nitrogens is 1.